The molecule has 0 aliphatic heterocycles. The largest absolute Gasteiger partial charge is 0.465 e. The van der Waals surface area contributed by atoms with E-state index < -0.39 is 23.4 Å². The third-order valence-electron chi connectivity index (χ3n) is 5.64. The van der Waals surface area contributed by atoms with Gasteiger partial charge in [0, 0.05) is 30.7 Å². The summed E-state index contributed by atoms with van der Waals surface area (Å²) in [5, 5.41) is 15.5. The molecule has 2 amide bonds. The van der Waals surface area contributed by atoms with Gasteiger partial charge in [-0.1, -0.05) is 72.1 Å². The molecular formula is C27H48N2O5S. The molecule has 0 saturated carbocycles. The van der Waals surface area contributed by atoms with Gasteiger partial charge in [-0.2, -0.15) is 12.6 Å². The van der Waals surface area contributed by atoms with Gasteiger partial charge in [-0.3, -0.25) is 14.4 Å². The highest BCUT2D eigenvalue weighted by molar-refractivity contribution is 7.80. The Morgan fingerprint density at radius 2 is 1.60 bits per heavy atom. The molecule has 0 rings (SSSR count). The molecule has 0 heterocycles. The van der Waals surface area contributed by atoms with Crippen LogP contribution < -0.4 is 10.6 Å². The van der Waals surface area contributed by atoms with Gasteiger partial charge in [0.1, 0.15) is 6.10 Å². The van der Waals surface area contributed by atoms with Crippen LogP contribution in [0.5, 0.6) is 0 Å². The summed E-state index contributed by atoms with van der Waals surface area (Å²) in [5.41, 5.74) is 2.05. The molecule has 0 saturated heterocycles. The van der Waals surface area contributed by atoms with Gasteiger partial charge in [-0.25, -0.2) is 0 Å². The van der Waals surface area contributed by atoms with E-state index in [0.29, 0.717) is 12.3 Å². The van der Waals surface area contributed by atoms with E-state index in [1.807, 2.05) is 6.08 Å². The van der Waals surface area contributed by atoms with Crippen molar-refractivity contribution in [1.29, 1.82) is 0 Å². The summed E-state index contributed by atoms with van der Waals surface area (Å²) in [6.07, 6.45) is 15.0. The number of ether oxygens (including phenoxy) is 1. The standard InChI is InChI=1S/C27H48N2O5S/c1-4-5-6-7-8-9-10-11-12-13-14-15-16-17-24(31)34-22-27(2,3)25(32)26(33)29-19-18-23(30)28-20-21-35/h14,16,25,32,35H,4-13,17-22H2,1-3H3,(H,28,30)(H,29,33)/t15?,25-/m1/s1. The number of unbranched alkanes of at least 4 members (excludes halogenated alkanes) is 9. The zero-order valence-electron chi connectivity index (χ0n) is 22.1. The summed E-state index contributed by atoms with van der Waals surface area (Å²) < 4.78 is 5.24. The second-order valence-corrected chi connectivity index (χ2v) is 10.0. The minimum Gasteiger partial charge on any atom is -0.465 e. The Balaban J connectivity index is 4.01. The molecule has 0 aliphatic carbocycles. The maximum atomic E-state index is 12.2. The summed E-state index contributed by atoms with van der Waals surface area (Å²) in [6.45, 7) is 6.00. The first-order valence-electron chi connectivity index (χ1n) is 13.1. The van der Waals surface area contributed by atoms with Gasteiger partial charge >= 0.3 is 5.97 Å². The first-order chi connectivity index (χ1) is 16.7. The number of rotatable bonds is 21. The second-order valence-electron chi connectivity index (χ2n) is 9.56. The molecule has 0 aliphatic rings. The Kier molecular flexibility index (Phi) is 20.4. The van der Waals surface area contributed by atoms with Crippen LogP contribution in [0, 0.1) is 5.41 Å². The number of esters is 1. The number of amides is 2. The van der Waals surface area contributed by atoms with Crippen LogP contribution in [0.15, 0.2) is 17.9 Å². The van der Waals surface area contributed by atoms with E-state index in [9.17, 15) is 19.5 Å². The highest BCUT2D eigenvalue weighted by atomic mass is 32.1. The number of carbonyl (C=O) groups is 3. The second kappa shape index (κ2) is 21.5. The van der Waals surface area contributed by atoms with E-state index in [0.717, 1.165) is 12.8 Å². The van der Waals surface area contributed by atoms with Crippen molar-refractivity contribution in [2.75, 3.05) is 25.4 Å². The van der Waals surface area contributed by atoms with Crippen molar-refractivity contribution in [2.45, 2.75) is 104 Å². The molecule has 35 heavy (non-hydrogen) atoms. The first-order valence-corrected chi connectivity index (χ1v) is 13.8. The number of aliphatic hydroxyl groups is 1. The Morgan fingerprint density at radius 1 is 0.971 bits per heavy atom. The minimum absolute atomic E-state index is 0.0913. The van der Waals surface area contributed by atoms with Gasteiger partial charge in [-0.15, -0.1) is 5.73 Å². The van der Waals surface area contributed by atoms with Crippen LogP contribution in [-0.4, -0.2) is 54.4 Å². The van der Waals surface area contributed by atoms with Gasteiger partial charge < -0.3 is 20.5 Å². The normalized spacial score (nSPS) is 11.8. The number of carbonyl (C=O) groups excluding carboxylic acids is 3. The molecule has 0 aromatic carbocycles. The average molecular weight is 513 g/mol. The summed E-state index contributed by atoms with van der Waals surface area (Å²) in [6, 6.07) is 0. The van der Waals surface area contributed by atoms with Crippen LogP contribution in [0.25, 0.3) is 0 Å². The molecule has 0 spiro atoms. The van der Waals surface area contributed by atoms with E-state index >= 15 is 0 Å². The lowest BCUT2D eigenvalue weighted by molar-refractivity contribution is -0.152. The molecular weight excluding hydrogens is 464 g/mol. The van der Waals surface area contributed by atoms with Gasteiger partial charge in [-0.05, 0) is 25.0 Å². The third-order valence-corrected chi connectivity index (χ3v) is 5.86. The molecule has 0 aromatic heterocycles. The van der Waals surface area contributed by atoms with Crippen molar-refractivity contribution in [1.82, 2.24) is 10.6 Å². The highest BCUT2D eigenvalue weighted by Crippen LogP contribution is 2.21. The van der Waals surface area contributed by atoms with Crippen LogP contribution in [0.2, 0.25) is 0 Å². The van der Waals surface area contributed by atoms with Gasteiger partial charge in [0.15, 0.2) is 0 Å². The van der Waals surface area contributed by atoms with Crippen molar-refractivity contribution < 1.29 is 24.2 Å². The van der Waals surface area contributed by atoms with E-state index in [1.165, 1.54) is 51.4 Å². The monoisotopic (exact) mass is 512 g/mol. The SMILES string of the molecule is CCCCCCCCCCCC=C=CCC(=O)OCC(C)(C)[C@H](O)C(=O)NCCC(=O)NCCS. The van der Waals surface area contributed by atoms with Gasteiger partial charge in [0.25, 0.3) is 0 Å². The maximum absolute atomic E-state index is 12.2. The minimum atomic E-state index is -1.37. The van der Waals surface area contributed by atoms with Gasteiger partial charge in [0.2, 0.25) is 11.8 Å². The van der Waals surface area contributed by atoms with Crippen LogP contribution in [0.3, 0.4) is 0 Å². The number of nitrogens with one attached hydrogen (secondary N) is 2. The zero-order chi connectivity index (χ0) is 26.4. The molecule has 1 atom stereocenters. The van der Waals surface area contributed by atoms with E-state index in [-0.39, 0.29) is 31.9 Å². The molecule has 0 aromatic rings. The maximum Gasteiger partial charge on any atom is 0.310 e. The number of aliphatic hydroxyl groups excluding tert-OH is 1. The Labute approximate surface area is 217 Å². The third kappa shape index (κ3) is 19.1. The van der Waals surface area contributed by atoms with E-state index in [1.54, 1.807) is 19.9 Å². The molecule has 202 valence electrons. The molecule has 8 heteroatoms. The molecule has 0 bridgehead atoms. The smallest absolute Gasteiger partial charge is 0.310 e. The molecule has 0 unspecified atom stereocenters. The van der Waals surface area contributed by atoms with Crippen LogP contribution in [-0.2, 0) is 19.1 Å². The number of hydrogen-bond donors (Lipinski definition) is 4. The van der Waals surface area contributed by atoms with Crippen LogP contribution >= 0.6 is 12.6 Å². The van der Waals surface area contributed by atoms with Crippen LogP contribution in [0.1, 0.15) is 97.8 Å². The fourth-order valence-corrected chi connectivity index (χ4v) is 3.42. The van der Waals surface area contributed by atoms with Crippen molar-refractivity contribution in [3.63, 3.8) is 0 Å². The Hall–Kier alpha value is -1.76. The van der Waals surface area contributed by atoms with Crippen molar-refractivity contribution >= 4 is 30.4 Å². The lowest BCUT2D eigenvalue weighted by Gasteiger charge is -2.28. The first kappa shape index (κ1) is 33.2. The predicted molar refractivity (Wildman–Crippen MR) is 144 cm³/mol. The quantitative estimate of drug-likeness (QED) is 0.0785. The fraction of sp³-hybridized carbons (Fsp3) is 0.778. The number of thiol groups is 1. The molecule has 7 nitrogen and oxygen atoms in total. The lowest BCUT2D eigenvalue weighted by atomic mass is 9.87. The Bertz CT molecular complexity index is 660. The lowest BCUT2D eigenvalue weighted by Crippen LogP contribution is -2.47. The van der Waals surface area contributed by atoms with E-state index in [4.69, 9.17) is 4.74 Å². The highest BCUT2D eigenvalue weighted by Gasteiger charge is 2.34. The van der Waals surface area contributed by atoms with Crippen molar-refractivity contribution in [2.24, 2.45) is 5.41 Å². The summed E-state index contributed by atoms with van der Waals surface area (Å²) in [4.78, 5) is 35.7. The topological polar surface area (TPSA) is 105 Å². The van der Waals surface area contributed by atoms with Crippen molar-refractivity contribution in [3.05, 3.63) is 17.9 Å². The summed E-state index contributed by atoms with van der Waals surface area (Å²) in [5.74, 6) is -0.699. The molecule has 0 radical (unpaired) electrons. The summed E-state index contributed by atoms with van der Waals surface area (Å²) >= 11 is 4.01. The zero-order valence-corrected chi connectivity index (χ0v) is 23.0. The average Bonchev–Trinajstić information content (AvgIpc) is 2.83. The summed E-state index contributed by atoms with van der Waals surface area (Å²) in [7, 11) is 0. The fourth-order valence-electron chi connectivity index (χ4n) is 3.30. The van der Waals surface area contributed by atoms with E-state index in [2.05, 4.69) is 35.9 Å². The molecule has 3 N–H and O–H groups in total. The molecule has 0 fully saturated rings. The van der Waals surface area contributed by atoms with Crippen molar-refractivity contribution in [3.8, 4) is 0 Å². The van der Waals surface area contributed by atoms with Gasteiger partial charge in [0.05, 0.1) is 13.0 Å². The Morgan fingerprint density at radius 3 is 2.23 bits per heavy atom. The predicted octanol–water partition coefficient (Wildman–Crippen LogP) is 4.49. The number of hydrogen-bond acceptors (Lipinski definition) is 6. The van der Waals surface area contributed by atoms with Crippen LogP contribution in [0.4, 0.5) is 0 Å².